The van der Waals surface area contributed by atoms with Crippen LogP contribution in [0.4, 0.5) is 0 Å². The molecule has 2 heterocycles. The molecule has 2 saturated heterocycles. The van der Waals surface area contributed by atoms with E-state index in [2.05, 4.69) is 5.32 Å². The zero-order valence-electron chi connectivity index (χ0n) is 12.6. The van der Waals surface area contributed by atoms with Crippen molar-refractivity contribution < 1.29 is 14.3 Å². The van der Waals surface area contributed by atoms with Crippen LogP contribution in [0.2, 0.25) is 0 Å². The highest BCUT2D eigenvalue weighted by Gasteiger charge is 2.35. The van der Waals surface area contributed by atoms with E-state index < -0.39 is 0 Å². The molecule has 0 aromatic heterocycles. The summed E-state index contributed by atoms with van der Waals surface area (Å²) in [4.78, 5) is 25.9. The minimum atomic E-state index is -0.353. The molecule has 5 nitrogen and oxygen atoms in total. The highest BCUT2D eigenvalue weighted by molar-refractivity contribution is 5.95. The van der Waals surface area contributed by atoms with Crippen LogP contribution in [-0.4, -0.2) is 48.6 Å². The van der Waals surface area contributed by atoms with E-state index >= 15 is 0 Å². The second-order valence-electron chi connectivity index (χ2n) is 5.97. The SMILES string of the molecule is CCC(C)C1NC(=O)CN(CCC2CCCCO2)C1=O. The van der Waals surface area contributed by atoms with Crippen LogP contribution in [0.15, 0.2) is 0 Å². The van der Waals surface area contributed by atoms with Crippen molar-refractivity contribution >= 4 is 11.8 Å². The minimum Gasteiger partial charge on any atom is -0.378 e. The summed E-state index contributed by atoms with van der Waals surface area (Å²) in [5.41, 5.74) is 0. The van der Waals surface area contributed by atoms with Gasteiger partial charge in [0.1, 0.15) is 6.04 Å². The molecule has 0 spiro atoms. The van der Waals surface area contributed by atoms with E-state index in [0.29, 0.717) is 6.54 Å². The van der Waals surface area contributed by atoms with Crippen molar-refractivity contribution in [2.45, 2.75) is 58.1 Å². The summed E-state index contributed by atoms with van der Waals surface area (Å²) < 4.78 is 5.69. The van der Waals surface area contributed by atoms with Gasteiger partial charge in [0.05, 0.1) is 12.6 Å². The van der Waals surface area contributed by atoms with Crippen molar-refractivity contribution in [3.8, 4) is 0 Å². The van der Waals surface area contributed by atoms with Crippen LogP contribution in [0, 0.1) is 5.92 Å². The lowest BCUT2D eigenvalue weighted by atomic mass is 9.96. The van der Waals surface area contributed by atoms with E-state index in [1.807, 2.05) is 13.8 Å². The number of carbonyl (C=O) groups is 2. The van der Waals surface area contributed by atoms with Gasteiger partial charge in [-0.05, 0) is 31.6 Å². The molecule has 3 atom stereocenters. The zero-order valence-corrected chi connectivity index (χ0v) is 12.6. The second kappa shape index (κ2) is 7.07. The topological polar surface area (TPSA) is 58.6 Å². The molecule has 2 rings (SSSR count). The fourth-order valence-electron chi connectivity index (χ4n) is 2.87. The quantitative estimate of drug-likeness (QED) is 0.827. The number of nitrogens with zero attached hydrogens (tertiary/aromatic N) is 1. The molecule has 2 aliphatic heterocycles. The third kappa shape index (κ3) is 3.72. The Bertz CT molecular complexity index is 353. The zero-order chi connectivity index (χ0) is 14.5. The molecule has 0 aromatic rings. The van der Waals surface area contributed by atoms with Gasteiger partial charge >= 0.3 is 0 Å². The average molecular weight is 282 g/mol. The van der Waals surface area contributed by atoms with Gasteiger partial charge in [-0.15, -0.1) is 0 Å². The van der Waals surface area contributed by atoms with Gasteiger partial charge in [-0.25, -0.2) is 0 Å². The van der Waals surface area contributed by atoms with Crippen molar-refractivity contribution in [2.75, 3.05) is 19.7 Å². The number of carbonyl (C=O) groups excluding carboxylic acids is 2. The third-order valence-corrected chi connectivity index (χ3v) is 4.44. The van der Waals surface area contributed by atoms with Crippen LogP contribution >= 0.6 is 0 Å². The summed E-state index contributed by atoms with van der Waals surface area (Å²) in [6.07, 6.45) is 5.39. The van der Waals surface area contributed by atoms with Crippen molar-refractivity contribution in [2.24, 2.45) is 5.92 Å². The molecule has 0 aliphatic carbocycles. The largest absolute Gasteiger partial charge is 0.378 e. The van der Waals surface area contributed by atoms with Crippen LogP contribution in [0.25, 0.3) is 0 Å². The molecular weight excluding hydrogens is 256 g/mol. The molecule has 20 heavy (non-hydrogen) atoms. The van der Waals surface area contributed by atoms with Crippen LogP contribution in [0.1, 0.15) is 46.0 Å². The van der Waals surface area contributed by atoms with Crippen LogP contribution < -0.4 is 5.32 Å². The van der Waals surface area contributed by atoms with Crippen molar-refractivity contribution in [1.82, 2.24) is 10.2 Å². The molecular formula is C15H26N2O3. The van der Waals surface area contributed by atoms with E-state index in [4.69, 9.17) is 4.74 Å². The normalized spacial score (nSPS) is 29.2. The van der Waals surface area contributed by atoms with E-state index in [0.717, 1.165) is 32.3 Å². The van der Waals surface area contributed by atoms with Gasteiger partial charge in [0.25, 0.3) is 0 Å². The van der Waals surface area contributed by atoms with E-state index in [1.165, 1.54) is 6.42 Å². The number of hydrogen-bond donors (Lipinski definition) is 1. The maximum atomic E-state index is 12.4. The number of piperazine rings is 1. The highest BCUT2D eigenvalue weighted by Crippen LogP contribution is 2.18. The predicted molar refractivity (Wildman–Crippen MR) is 76.2 cm³/mol. The Morgan fingerprint density at radius 3 is 2.85 bits per heavy atom. The molecule has 0 radical (unpaired) electrons. The van der Waals surface area contributed by atoms with Crippen LogP contribution in [0.3, 0.4) is 0 Å². The van der Waals surface area contributed by atoms with Crippen LogP contribution in [0.5, 0.6) is 0 Å². The standard InChI is InChI=1S/C15H26N2O3/c1-3-11(2)14-15(19)17(10-13(18)16-14)8-7-12-6-4-5-9-20-12/h11-12,14H,3-10H2,1-2H3,(H,16,18). The molecule has 3 unspecified atom stereocenters. The summed E-state index contributed by atoms with van der Waals surface area (Å²) in [5.74, 6) is 0.203. The number of amides is 2. The monoisotopic (exact) mass is 282 g/mol. The second-order valence-corrected chi connectivity index (χ2v) is 5.97. The fraction of sp³-hybridized carbons (Fsp3) is 0.867. The third-order valence-electron chi connectivity index (χ3n) is 4.44. The van der Waals surface area contributed by atoms with Gasteiger partial charge in [0, 0.05) is 13.2 Å². The van der Waals surface area contributed by atoms with E-state index in [-0.39, 0.29) is 36.4 Å². The lowest BCUT2D eigenvalue weighted by Gasteiger charge is -2.36. The van der Waals surface area contributed by atoms with Crippen molar-refractivity contribution in [3.63, 3.8) is 0 Å². The first-order valence-corrected chi connectivity index (χ1v) is 7.81. The summed E-state index contributed by atoms with van der Waals surface area (Å²) in [5, 5.41) is 2.82. The Labute approximate surface area is 121 Å². The molecule has 0 bridgehead atoms. The van der Waals surface area contributed by atoms with Gasteiger partial charge in [0.15, 0.2) is 0 Å². The highest BCUT2D eigenvalue weighted by atomic mass is 16.5. The lowest BCUT2D eigenvalue weighted by molar-refractivity contribution is -0.146. The Morgan fingerprint density at radius 1 is 1.40 bits per heavy atom. The van der Waals surface area contributed by atoms with E-state index in [1.54, 1.807) is 4.90 Å². The molecule has 0 saturated carbocycles. The summed E-state index contributed by atoms with van der Waals surface area (Å²) in [7, 11) is 0. The lowest BCUT2D eigenvalue weighted by Crippen LogP contribution is -2.60. The number of nitrogens with one attached hydrogen (secondary N) is 1. The predicted octanol–water partition coefficient (Wildman–Crippen LogP) is 1.32. The molecule has 2 aliphatic rings. The Hall–Kier alpha value is -1.10. The summed E-state index contributed by atoms with van der Waals surface area (Å²) in [6.45, 7) is 5.70. The fourth-order valence-corrected chi connectivity index (χ4v) is 2.87. The van der Waals surface area contributed by atoms with Crippen LogP contribution in [-0.2, 0) is 14.3 Å². The van der Waals surface area contributed by atoms with Gasteiger partial charge in [0.2, 0.25) is 11.8 Å². The molecule has 0 aromatic carbocycles. The number of ether oxygens (including phenoxy) is 1. The van der Waals surface area contributed by atoms with Crippen molar-refractivity contribution in [1.29, 1.82) is 0 Å². The number of hydrogen-bond acceptors (Lipinski definition) is 3. The molecule has 1 N–H and O–H groups in total. The van der Waals surface area contributed by atoms with Gasteiger partial charge in [-0.2, -0.15) is 0 Å². The van der Waals surface area contributed by atoms with Gasteiger partial charge < -0.3 is 15.0 Å². The first-order chi connectivity index (χ1) is 9.61. The summed E-state index contributed by atoms with van der Waals surface area (Å²) in [6, 6.07) is -0.353. The van der Waals surface area contributed by atoms with Gasteiger partial charge in [-0.1, -0.05) is 20.3 Å². The first-order valence-electron chi connectivity index (χ1n) is 7.81. The average Bonchev–Trinajstić information content (AvgIpc) is 2.48. The molecule has 5 heteroatoms. The smallest absolute Gasteiger partial charge is 0.245 e. The number of rotatable bonds is 5. The Morgan fingerprint density at radius 2 is 2.20 bits per heavy atom. The first kappa shape index (κ1) is 15.3. The molecule has 114 valence electrons. The Balaban J connectivity index is 1.88. The minimum absolute atomic E-state index is 0.0422. The van der Waals surface area contributed by atoms with E-state index in [9.17, 15) is 9.59 Å². The molecule has 2 fully saturated rings. The van der Waals surface area contributed by atoms with Crippen molar-refractivity contribution in [3.05, 3.63) is 0 Å². The summed E-state index contributed by atoms with van der Waals surface area (Å²) >= 11 is 0. The maximum absolute atomic E-state index is 12.4. The Kier molecular flexibility index (Phi) is 5.40. The maximum Gasteiger partial charge on any atom is 0.245 e. The van der Waals surface area contributed by atoms with Gasteiger partial charge in [-0.3, -0.25) is 9.59 Å². The molecule has 2 amide bonds.